The van der Waals surface area contributed by atoms with Crippen molar-refractivity contribution in [2.75, 3.05) is 26.7 Å². The number of rotatable bonds is 5. The third-order valence-electron chi connectivity index (χ3n) is 4.46. The van der Waals surface area contributed by atoms with Crippen molar-refractivity contribution in [1.29, 1.82) is 0 Å². The van der Waals surface area contributed by atoms with Crippen LogP contribution in [0.25, 0.3) is 0 Å². The van der Waals surface area contributed by atoms with Gasteiger partial charge in [-0.15, -0.1) is 0 Å². The van der Waals surface area contributed by atoms with Crippen LogP contribution < -0.4 is 0 Å². The van der Waals surface area contributed by atoms with Gasteiger partial charge in [0.2, 0.25) is 0 Å². The Bertz CT molecular complexity index is 494. The van der Waals surface area contributed by atoms with Gasteiger partial charge < -0.3 is 5.11 Å². The van der Waals surface area contributed by atoms with E-state index in [1.54, 1.807) is 0 Å². The van der Waals surface area contributed by atoms with E-state index in [1.807, 2.05) is 11.9 Å². The summed E-state index contributed by atoms with van der Waals surface area (Å²) in [6.45, 7) is 7.53. The van der Waals surface area contributed by atoms with Crippen molar-refractivity contribution < 1.29 is 9.90 Å². The first-order valence-corrected chi connectivity index (χ1v) is 7.66. The molecule has 1 aliphatic rings. The zero-order valence-corrected chi connectivity index (χ0v) is 13.3. The summed E-state index contributed by atoms with van der Waals surface area (Å²) in [6.07, 6.45) is 2.10. The quantitative estimate of drug-likeness (QED) is 0.903. The van der Waals surface area contributed by atoms with Crippen LogP contribution in [0.15, 0.2) is 18.2 Å². The van der Waals surface area contributed by atoms with Gasteiger partial charge in [0.25, 0.3) is 0 Å². The van der Waals surface area contributed by atoms with E-state index in [9.17, 15) is 4.79 Å². The maximum absolute atomic E-state index is 10.8. The van der Waals surface area contributed by atoms with E-state index >= 15 is 0 Å². The van der Waals surface area contributed by atoms with Gasteiger partial charge >= 0.3 is 5.97 Å². The Morgan fingerprint density at radius 1 is 1.33 bits per heavy atom. The van der Waals surface area contributed by atoms with Crippen LogP contribution in [0.1, 0.15) is 29.5 Å². The fraction of sp³-hybridized carbons (Fsp3) is 0.588. The third kappa shape index (κ3) is 4.55. The third-order valence-corrected chi connectivity index (χ3v) is 4.46. The number of carboxylic acids is 1. The maximum Gasteiger partial charge on any atom is 0.317 e. The molecule has 2 rings (SSSR count). The van der Waals surface area contributed by atoms with E-state index in [0.29, 0.717) is 6.04 Å². The number of aliphatic carboxylic acids is 1. The largest absolute Gasteiger partial charge is 0.480 e. The van der Waals surface area contributed by atoms with Crippen LogP contribution in [-0.4, -0.2) is 53.6 Å². The predicted molar refractivity (Wildman–Crippen MR) is 84.5 cm³/mol. The van der Waals surface area contributed by atoms with E-state index in [1.165, 1.54) is 16.7 Å². The molecule has 0 spiro atoms. The second kappa shape index (κ2) is 7.05. The van der Waals surface area contributed by atoms with E-state index < -0.39 is 5.97 Å². The molecule has 0 atom stereocenters. The van der Waals surface area contributed by atoms with Crippen LogP contribution in [-0.2, 0) is 11.3 Å². The highest BCUT2D eigenvalue weighted by molar-refractivity contribution is 5.69. The summed E-state index contributed by atoms with van der Waals surface area (Å²) in [5.74, 6) is -0.740. The van der Waals surface area contributed by atoms with Crippen molar-refractivity contribution in [1.82, 2.24) is 9.80 Å². The van der Waals surface area contributed by atoms with Crippen molar-refractivity contribution in [3.05, 3.63) is 34.9 Å². The number of hydrogen-bond acceptors (Lipinski definition) is 3. The molecule has 1 aromatic carbocycles. The minimum absolute atomic E-state index is 0.141. The van der Waals surface area contributed by atoms with Gasteiger partial charge in [0.1, 0.15) is 0 Å². The summed E-state index contributed by atoms with van der Waals surface area (Å²) in [5.41, 5.74) is 4.07. The van der Waals surface area contributed by atoms with Gasteiger partial charge in [-0.3, -0.25) is 14.6 Å². The number of likely N-dealkylation sites (tertiary alicyclic amines) is 1. The number of nitrogens with zero attached hydrogens (tertiary/aromatic N) is 2. The molecule has 21 heavy (non-hydrogen) atoms. The van der Waals surface area contributed by atoms with Crippen LogP contribution in [0.3, 0.4) is 0 Å². The number of benzene rings is 1. The van der Waals surface area contributed by atoms with E-state index in [4.69, 9.17) is 5.11 Å². The smallest absolute Gasteiger partial charge is 0.317 e. The molecule has 1 aromatic rings. The molecule has 0 radical (unpaired) electrons. The van der Waals surface area contributed by atoms with Crippen molar-refractivity contribution in [2.24, 2.45) is 0 Å². The van der Waals surface area contributed by atoms with E-state index in [-0.39, 0.29) is 6.54 Å². The lowest BCUT2D eigenvalue weighted by molar-refractivity contribution is -0.138. The highest BCUT2D eigenvalue weighted by Crippen LogP contribution is 2.19. The topological polar surface area (TPSA) is 43.8 Å². The highest BCUT2D eigenvalue weighted by Gasteiger charge is 2.23. The Hall–Kier alpha value is -1.39. The van der Waals surface area contributed by atoms with Crippen LogP contribution in [0.5, 0.6) is 0 Å². The SMILES string of the molecule is Cc1ccc(C)c(CN2CCC(N(C)CC(=O)O)CC2)c1. The fourth-order valence-corrected chi connectivity index (χ4v) is 3.07. The summed E-state index contributed by atoms with van der Waals surface area (Å²) in [7, 11) is 1.92. The first-order chi connectivity index (χ1) is 9.95. The highest BCUT2D eigenvalue weighted by atomic mass is 16.4. The van der Waals surface area contributed by atoms with Gasteiger partial charge in [-0.25, -0.2) is 0 Å². The number of carboxylic acid groups (broad SMARTS) is 1. The predicted octanol–water partition coefficient (Wildman–Crippen LogP) is 2.28. The lowest BCUT2D eigenvalue weighted by atomic mass is 10.0. The summed E-state index contributed by atoms with van der Waals surface area (Å²) in [5, 5.41) is 8.87. The fourth-order valence-electron chi connectivity index (χ4n) is 3.07. The second-order valence-corrected chi connectivity index (χ2v) is 6.25. The van der Waals surface area contributed by atoms with Crippen LogP contribution in [0, 0.1) is 13.8 Å². The Balaban J connectivity index is 1.86. The molecule has 1 saturated heterocycles. The molecule has 0 bridgehead atoms. The number of carbonyl (C=O) groups is 1. The monoisotopic (exact) mass is 290 g/mol. The molecule has 1 N–H and O–H groups in total. The normalized spacial score (nSPS) is 17.3. The molecule has 0 aliphatic carbocycles. The molecule has 4 nitrogen and oxygen atoms in total. The zero-order valence-electron chi connectivity index (χ0n) is 13.3. The summed E-state index contributed by atoms with van der Waals surface area (Å²) in [4.78, 5) is 15.2. The lowest BCUT2D eigenvalue weighted by Crippen LogP contribution is -2.44. The Morgan fingerprint density at radius 3 is 2.62 bits per heavy atom. The Morgan fingerprint density at radius 2 is 2.00 bits per heavy atom. The standard InChI is InChI=1S/C17H26N2O2/c1-13-4-5-14(2)15(10-13)11-19-8-6-16(7-9-19)18(3)12-17(20)21/h4-5,10,16H,6-9,11-12H2,1-3H3,(H,20,21). The minimum Gasteiger partial charge on any atom is -0.480 e. The molecular formula is C17H26N2O2. The first-order valence-electron chi connectivity index (χ1n) is 7.66. The summed E-state index contributed by atoms with van der Waals surface area (Å²) in [6, 6.07) is 7.03. The molecule has 116 valence electrons. The molecule has 0 amide bonds. The lowest BCUT2D eigenvalue weighted by Gasteiger charge is -2.36. The Kier molecular flexibility index (Phi) is 5.37. The van der Waals surface area contributed by atoms with Gasteiger partial charge in [0, 0.05) is 12.6 Å². The summed E-state index contributed by atoms with van der Waals surface area (Å²) >= 11 is 0. The molecule has 1 fully saturated rings. The molecule has 0 saturated carbocycles. The average molecular weight is 290 g/mol. The molecule has 1 aliphatic heterocycles. The second-order valence-electron chi connectivity index (χ2n) is 6.25. The van der Waals surface area contributed by atoms with Gasteiger partial charge in [-0.05, 0) is 58.0 Å². The summed E-state index contributed by atoms with van der Waals surface area (Å²) < 4.78 is 0. The van der Waals surface area contributed by atoms with Crippen LogP contribution in [0.4, 0.5) is 0 Å². The first kappa shape index (κ1) is 16.0. The molecule has 1 heterocycles. The van der Waals surface area contributed by atoms with Gasteiger partial charge in [-0.2, -0.15) is 0 Å². The van der Waals surface area contributed by atoms with Crippen molar-refractivity contribution >= 4 is 5.97 Å². The Labute approximate surface area is 127 Å². The number of piperidine rings is 1. The van der Waals surface area contributed by atoms with Crippen LogP contribution >= 0.6 is 0 Å². The van der Waals surface area contributed by atoms with Crippen molar-refractivity contribution in [2.45, 2.75) is 39.3 Å². The average Bonchev–Trinajstić information content (AvgIpc) is 2.43. The molecule has 0 aromatic heterocycles. The number of likely N-dealkylation sites (N-methyl/N-ethyl adjacent to an activating group) is 1. The van der Waals surface area contributed by atoms with E-state index in [0.717, 1.165) is 32.5 Å². The molecule has 0 unspecified atom stereocenters. The van der Waals surface area contributed by atoms with Gasteiger partial charge in [-0.1, -0.05) is 23.8 Å². The minimum atomic E-state index is -0.740. The number of aryl methyl sites for hydroxylation is 2. The maximum atomic E-state index is 10.8. The zero-order chi connectivity index (χ0) is 15.4. The molecule has 4 heteroatoms. The van der Waals surface area contributed by atoms with Crippen molar-refractivity contribution in [3.8, 4) is 0 Å². The number of hydrogen-bond donors (Lipinski definition) is 1. The van der Waals surface area contributed by atoms with Crippen LogP contribution in [0.2, 0.25) is 0 Å². The van der Waals surface area contributed by atoms with Crippen molar-refractivity contribution in [3.63, 3.8) is 0 Å². The van der Waals surface area contributed by atoms with E-state index in [2.05, 4.69) is 36.9 Å². The molecular weight excluding hydrogens is 264 g/mol. The van der Waals surface area contributed by atoms with Gasteiger partial charge in [0.05, 0.1) is 6.54 Å². The van der Waals surface area contributed by atoms with Gasteiger partial charge in [0.15, 0.2) is 0 Å².